The molecule has 0 fully saturated rings. The van der Waals surface area contributed by atoms with Crippen molar-refractivity contribution in [1.82, 2.24) is 24.7 Å². The van der Waals surface area contributed by atoms with Gasteiger partial charge in [-0.2, -0.15) is 10.1 Å². The number of rotatable bonds is 3. The average molecular weight is 253 g/mol. The smallest absolute Gasteiger partial charge is 0.222 e. The Morgan fingerprint density at radius 2 is 1.95 bits per heavy atom. The molecule has 0 saturated heterocycles. The fraction of sp³-hybridized carbons (Fsp3) is 0.0769. The zero-order valence-corrected chi connectivity index (χ0v) is 10.3. The van der Waals surface area contributed by atoms with Crippen LogP contribution in [0.25, 0.3) is 5.69 Å². The quantitative estimate of drug-likeness (QED) is 0.715. The van der Waals surface area contributed by atoms with Gasteiger partial charge in [-0.05, 0) is 31.2 Å². The van der Waals surface area contributed by atoms with Gasteiger partial charge in [0.2, 0.25) is 5.88 Å². The van der Waals surface area contributed by atoms with E-state index in [1.165, 1.54) is 6.33 Å². The third kappa shape index (κ3) is 2.57. The largest absolute Gasteiger partial charge is 0.439 e. The Kier molecular flexibility index (Phi) is 2.89. The Balaban J connectivity index is 1.80. The van der Waals surface area contributed by atoms with Crippen LogP contribution >= 0.6 is 0 Å². The molecule has 0 aliphatic rings. The van der Waals surface area contributed by atoms with E-state index in [2.05, 4.69) is 20.1 Å². The summed E-state index contributed by atoms with van der Waals surface area (Å²) in [6.07, 6.45) is 4.80. The molecule has 0 spiro atoms. The van der Waals surface area contributed by atoms with Gasteiger partial charge in [0.1, 0.15) is 24.2 Å². The minimum atomic E-state index is 0.529. The number of benzene rings is 1. The van der Waals surface area contributed by atoms with Crippen molar-refractivity contribution in [2.24, 2.45) is 0 Å². The monoisotopic (exact) mass is 253 g/mol. The second-order valence-electron chi connectivity index (χ2n) is 3.88. The Labute approximate surface area is 109 Å². The van der Waals surface area contributed by atoms with Gasteiger partial charge in [0, 0.05) is 12.3 Å². The highest BCUT2D eigenvalue weighted by atomic mass is 16.5. The summed E-state index contributed by atoms with van der Waals surface area (Å²) in [5.41, 5.74) is 0.920. The van der Waals surface area contributed by atoms with E-state index >= 15 is 0 Å². The topological polar surface area (TPSA) is 65.7 Å². The number of hydrogen-bond donors (Lipinski definition) is 0. The molecule has 0 bridgehead atoms. The predicted octanol–water partition coefficient (Wildman–Crippen LogP) is 2.16. The average Bonchev–Trinajstić information content (AvgIpc) is 2.94. The van der Waals surface area contributed by atoms with Crippen molar-refractivity contribution < 1.29 is 4.74 Å². The van der Waals surface area contributed by atoms with Gasteiger partial charge in [0.05, 0.1) is 5.69 Å². The van der Waals surface area contributed by atoms with Crippen LogP contribution in [-0.4, -0.2) is 24.7 Å². The summed E-state index contributed by atoms with van der Waals surface area (Å²) in [4.78, 5) is 12.1. The van der Waals surface area contributed by atoms with E-state index in [0.29, 0.717) is 17.5 Å². The molecule has 19 heavy (non-hydrogen) atoms. The Bertz CT molecular complexity index is 664. The molecule has 94 valence electrons. The van der Waals surface area contributed by atoms with Crippen LogP contribution in [0.1, 0.15) is 5.82 Å². The van der Waals surface area contributed by atoms with Gasteiger partial charge in [-0.1, -0.05) is 0 Å². The van der Waals surface area contributed by atoms with E-state index in [0.717, 1.165) is 5.69 Å². The van der Waals surface area contributed by atoms with Crippen LogP contribution < -0.4 is 4.74 Å². The molecule has 0 saturated carbocycles. The van der Waals surface area contributed by atoms with Crippen molar-refractivity contribution in [3.63, 3.8) is 0 Å². The van der Waals surface area contributed by atoms with Gasteiger partial charge in [-0.15, -0.1) is 0 Å². The molecule has 2 heterocycles. The SMILES string of the molecule is Cc1nccc(Oc2ccc(-n3cncn3)cc2)n1. The zero-order valence-electron chi connectivity index (χ0n) is 10.3. The second-order valence-corrected chi connectivity index (χ2v) is 3.88. The summed E-state index contributed by atoms with van der Waals surface area (Å²) < 4.78 is 7.31. The molecule has 6 heteroatoms. The Morgan fingerprint density at radius 3 is 2.63 bits per heavy atom. The fourth-order valence-electron chi connectivity index (χ4n) is 1.62. The summed E-state index contributed by atoms with van der Waals surface area (Å²) in [6, 6.07) is 9.23. The van der Waals surface area contributed by atoms with Crippen LogP contribution in [0.5, 0.6) is 11.6 Å². The normalized spacial score (nSPS) is 10.4. The van der Waals surface area contributed by atoms with Gasteiger partial charge < -0.3 is 4.74 Å². The molecular formula is C13H11N5O. The molecule has 2 aromatic heterocycles. The summed E-state index contributed by atoms with van der Waals surface area (Å²) in [6.45, 7) is 1.82. The van der Waals surface area contributed by atoms with Crippen molar-refractivity contribution >= 4 is 0 Å². The van der Waals surface area contributed by atoms with Gasteiger partial charge in [-0.25, -0.2) is 14.6 Å². The van der Waals surface area contributed by atoms with Gasteiger partial charge in [0.15, 0.2) is 0 Å². The highest BCUT2D eigenvalue weighted by Crippen LogP contribution is 2.20. The van der Waals surface area contributed by atoms with E-state index in [1.54, 1.807) is 23.3 Å². The summed E-state index contributed by atoms with van der Waals surface area (Å²) >= 11 is 0. The van der Waals surface area contributed by atoms with E-state index < -0.39 is 0 Å². The molecule has 0 aliphatic carbocycles. The second kappa shape index (κ2) is 4.85. The molecule has 0 amide bonds. The fourth-order valence-corrected chi connectivity index (χ4v) is 1.62. The lowest BCUT2D eigenvalue weighted by Crippen LogP contribution is -1.95. The lowest BCUT2D eigenvalue weighted by molar-refractivity contribution is 0.459. The van der Waals surface area contributed by atoms with Crippen LogP contribution in [0.15, 0.2) is 49.2 Å². The van der Waals surface area contributed by atoms with E-state index in [9.17, 15) is 0 Å². The van der Waals surface area contributed by atoms with Crippen molar-refractivity contribution in [2.45, 2.75) is 6.92 Å². The first-order valence-electron chi connectivity index (χ1n) is 5.74. The van der Waals surface area contributed by atoms with E-state index in [1.807, 2.05) is 31.2 Å². The molecule has 0 N–H and O–H groups in total. The Morgan fingerprint density at radius 1 is 1.11 bits per heavy atom. The summed E-state index contributed by atoms with van der Waals surface area (Å²) in [5.74, 6) is 1.92. The van der Waals surface area contributed by atoms with Crippen molar-refractivity contribution in [3.05, 3.63) is 55.0 Å². The number of ether oxygens (including phenoxy) is 1. The molecule has 0 atom stereocenters. The minimum Gasteiger partial charge on any atom is -0.439 e. The van der Waals surface area contributed by atoms with Crippen LogP contribution in [0.3, 0.4) is 0 Å². The van der Waals surface area contributed by atoms with Crippen molar-refractivity contribution in [3.8, 4) is 17.3 Å². The number of nitrogens with zero attached hydrogens (tertiary/aromatic N) is 5. The lowest BCUT2D eigenvalue weighted by Gasteiger charge is -2.06. The molecule has 0 aliphatic heterocycles. The standard InChI is InChI=1S/C13H11N5O/c1-10-15-7-6-13(17-10)19-12-4-2-11(3-5-12)18-9-14-8-16-18/h2-9H,1H3. The molecule has 0 radical (unpaired) electrons. The lowest BCUT2D eigenvalue weighted by atomic mass is 10.3. The molecule has 3 rings (SSSR count). The maximum Gasteiger partial charge on any atom is 0.222 e. The maximum atomic E-state index is 5.64. The molecule has 1 aromatic carbocycles. The number of aromatic nitrogens is 5. The van der Waals surface area contributed by atoms with Crippen LogP contribution in [-0.2, 0) is 0 Å². The van der Waals surface area contributed by atoms with Gasteiger partial charge >= 0.3 is 0 Å². The van der Waals surface area contributed by atoms with Crippen LogP contribution in [0.4, 0.5) is 0 Å². The third-order valence-corrected chi connectivity index (χ3v) is 2.49. The number of aryl methyl sites for hydroxylation is 1. The van der Waals surface area contributed by atoms with Crippen molar-refractivity contribution in [1.29, 1.82) is 0 Å². The Hall–Kier alpha value is -2.76. The van der Waals surface area contributed by atoms with E-state index in [4.69, 9.17) is 4.74 Å². The summed E-state index contributed by atoms with van der Waals surface area (Å²) in [7, 11) is 0. The third-order valence-electron chi connectivity index (χ3n) is 2.49. The van der Waals surface area contributed by atoms with Gasteiger partial charge in [0.25, 0.3) is 0 Å². The van der Waals surface area contributed by atoms with Crippen LogP contribution in [0, 0.1) is 6.92 Å². The molecule has 0 unspecified atom stereocenters. The number of hydrogen-bond acceptors (Lipinski definition) is 5. The summed E-state index contributed by atoms with van der Waals surface area (Å²) in [5, 5.41) is 4.06. The van der Waals surface area contributed by atoms with Crippen LogP contribution in [0.2, 0.25) is 0 Å². The minimum absolute atomic E-state index is 0.529. The first kappa shape index (κ1) is 11.3. The maximum absolute atomic E-state index is 5.64. The molecule has 3 aromatic rings. The highest BCUT2D eigenvalue weighted by Gasteiger charge is 2.01. The zero-order chi connectivity index (χ0) is 13.1. The van der Waals surface area contributed by atoms with E-state index in [-0.39, 0.29) is 0 Å². The first-order chi connectivity index (χ1) is 9.31. The first-order valence-corrected chi connectivity index (χ1v) is 5.74. The molecular weight excluding hydrogens is 242 g/mol. The van der Waals surface area contributed by atoms with Crippen molar-refractivity contribution in [2.75, 3.05) is 0 Å². The van der Waals surface area contributed by atoms with Gasteiger partial charge in [-0.3, -0.25) is 0 Å². The highest BCUT2D eigenvalue weighted by molar-refractivity contribution is 5.37. The molecule has 6 nitrogen and oxygen atoms in total. The predicted molar refractivity (Wildman–Crippen MR) is 68.2 cm³/mol.